The van der Waals surface area contributed by atoms with Gasteiger partial charge < -0.3 is 4.55 Å². The van der Waals surface area contributed by atoms with Gasteiger partial charge in [0.1, 0.15) is 14.9 Å². The molecule has 0 aromatic heterocycles. The van der Waals surface area contributed by atoms with Crippen molar-refractivity contribution >= 4 is 10.1 Å². The van der Waals surface area contributed by atoms with Crippen molar-refractivity contribution in [1.29, 1.82) is 0 Å². The molecule has 0 aliphatic rings. The fraction of sp³-hybridized carbons (Fsp3) is 1.00. The Balaban J connectivity index is 5.08. The van der Waals surface area contributed by atoms with Crippen LogP contribution in [-0.4, -0.2) is 23.9 Å². The fourth-order valence-corrected chi connectivity index (χ4v) is 0.425. The van der Waals surface area contributed by atoms with E-state index in [0.29, 0.717) is 13.8 Å². The summed E-state index contributed by atoms with van der Waals surface area (Å²) in [5.74, 6) is 0. The van der Waals surface area contributed by atoms with Gasteiger partial charge in [0, 0.05) is 0 Å². The molecule has 0 atom stereocenters. The Morgan fingerprint density at radius 3 is 1.45 bits per heavy atom. The summed E-state index contributed by atoms with van der Waals surface area (Å²) in [6.07, 6.45) is -5.02. The van der Waals surface area contributed by atoms with Crippen LogP contribution in [0.1, 0.15) is 13.8 Å². The van der Waals surface area contributed by atoms with Crippen molar-refractivity contribution in [2.24, 2.45) is 0 Å². The number of halogens is 3. The van der Waals surface area contributed by atoms with Crippen LogP contribution in [0.2, 0.25) is 0 Å². The summed E-state index contributed by atoms with van der Waals surface area (Å²) < 4.78 is 62.1. The molecule has 0 spiro atoms. The van der Waals surface area contributed by atoms with Crippen LogP contribution in [0.5, 0.6) is 0 Å². The Bertz CT molecular complexity index is 238. The van der Waals surface area contributed by atoms with Crippen molar-refractivity contribution in [3.63, 3.8) is 0 Å². The minimum Gasteiger partial charge on any atom is -0.747 e. The van der Waals surface area contributed by atoms with Crippen molar-refractivity contribution < 1.29 is 26.1 Å². The first kappa shape index (κ1) is 10.7. The van der Waals surface area contributed by atoms with Gasteiger partial charge in [0.2, 0.25) is 0 Å². The predicted molar refractivity (Wildman–Crippen MR) is 29.8 cm³/mol. The van der Waals surface area contributed by atoms with Crippen LogP contribution in [-0.2, 0) is 10.1 Å². The zero-order valence-electron chi connectivity index (χ0n) is 5.77. The lowest BCUT2D eigenvalue weighted by Gasteiger charge is -2.29. The van der Waals surface area contributed by atoms with E-state index in [4.69, 9.17) is 0 Å². The molecule has 11 heavy (non-hydrogen) atoms. The Morgan fingerprint density at radius 1 is 1.18 bits per heavy atom. The van der Waals surface area contributed by atoms with Crippen LogP contribution >= 0.6 is 0 Å². The maximum Gasteiger partial charge on any atom is 0.406 e. The highest BCUT2D eigenvalue weighted by Gasteiger charge is 2.52. The van der Waals surface area contributed by atoms with Gasteiger partial charge in [-0.05, 0) is 13.8 Å². The van der Waals surface area contributed by atoms with Gasteiger partial charge in [0.15, 0.2) is 0 Å². The average molecular weight is 191 g/mol. The van der Waals surface area contributed by atoms with Crippen molar-refractivity contribution in [3.05, 3.63) is 0 Å². The third kappa shape index (κ3) is 1.84. The molecule has 0 bridgehead atoms. The second kappa shape index (κ2) is 2.34. The molecule has 0 saturated carbocycles. The molecule has 0 amide bonds. The number of hydrogen-bond donors (Lipinski definition) is 0. The van der Waals surface area contributed by atoms with Crippen molar-refractivity contribution in [1.82, 2.24) is 0 Å². The molecular formula is C4H6F3O3S-. The fourth-order valence-electron chi connectivity index (χ4n) is 0.142. The summed E-state index contributed by atoms with van der Waals surface area (Å²) in [5, 5.41) is 0. The molecule has 3 nitrogen and oxygen atoms in total. The second-order valence-electron chi connectivity index (χ2n) is 2.46. The van der Waals surface area contributed by atoms with Crippen molar-refractivity contribution in [3.8, 4) is 0 Å². The van der Waals surface area contributed by atoms with Gasteiger partial charge in [-0.25, -0.2) is 8.42 Å². The number of rotatable bonds is 1. The first-order valence-electron chi connectivity index (χ1n) is 2.52. The first-order chi connectivity index (χ1) is 4.50. The third-order valence-electron chi connectivity index (χ3n) is 1.31. The molecule has 0 aliphatic heterocycles. The molecule has 0 aromatic carbocycles. The lowest BCUT2D eigenvalue weighted by molar-refractivity contribution is -0.154. The average Bonchev–Trinajstić information content (AvgIpc) is 1.58. The van der Waals surface area contributed by atoms with Crippen molar-refractivity contribution in [2.75, 3.05) is 0 Å². The molecule has 0 rings (SSSR count). The van der Waals surface area contributed by atoms with Crippen LogP contribution in [0.4, 0.5) is 13.2 Å². The smallest absolute Gasteiger partial charge is 0.406 e. The van der Waals surface area contributed by atoms with Crippen LogP contribution in [0.15, 0.2) is 0 Å². The molecule has 0 aromatic rings. The molecule has 0 saturated heterocycles. The summed E-state index contributed by atoms with van der Waals surface area (Å²) in [5.41, 5.74) is 0. The normalized spacial score (nSPS) is 15.1. The van der Waals surface area contributed by atoms with E-state index in [1.54, 1.807) is 0 Å². The minimum absolute atomic E-state index is 0.329. The van der Waals surface area contributed by atoms with Gasteiger partial charge >= 0.3 is 6.18 Å². The summed E-state index contributed by atoms with van der Waals surface area (Å²) in [7, 11) is -5.34. The van der Waals surface area contributed by atoms with E-state index in [-0.39, 0.29) is 0 Å². The van der Waals surface area contributed by atoms with Crippen LogP contribution in [0, 0.1) is 0 Å². The zero-order chi connectivity index (χ0) is 9.50. The highest BCUT2D eigenvalue weighted by Crippen LogP contribution is 2.35. The highest BCUT2D eigenvalue weighted by molar-refractivity contribution is 7.87. The van der Waals surface area contributed by atoms with E-state index in [2.05, 4.69) is 0 Å². The Hall–Kier alpha value is -0.300. The van der Waals surface area contributed by atoms with Crippen LogP contribution < -0.4 is 0 Å². The number of hydrogen-bond acceptors (Lipinski definition) is 3. The second-order valence-corrected chi connectivity index (χ2v) is 4.39. The van der Waals surface area contributed by atoms with E-state index in [1.165, 1.54) is 0 Å². The van der Waals surface area contributed by atoms with E-state index in [1.807, 2.05) is 0 Å². The summed E-state index contributed by atoms with van der Waals surface area (Å²) in [6.45, 7) is 0.657. The van der Waals surface area contributed by atoms with Gasteiger partial charge in [-0.15, -0.1) is 0 Å². The number of alkyl halides is 3. The lowest BCUT2D eigenvalue weighted by atomic mass is 10.2. The molecule has 0 fully saturated rings. The van der Waals surface area contributed by atoms with E-state index in [0.717, 1.165) is 0 Å². The Morgan fingerprint density at radius 2 is 1.45 bits per heavy atom. The summed E-state index contributed by atoms with van der Waals surface area (Å²) in [6, 6.07) is 0. The maximum atomic E-state index is 11.8. The third-order valence-corrected chi connectivity index (χ3v) is 2.79. The van der Waals surface area contributed by atoms with Gasteiger partial charge in [0.05, 0.1) is 0 Å². The SMILES string of the molecule is CC(C)(C(F)(F)F)S(=O)(=O)[O-]. The molecule has 7 heteroatoms. The van der Waals surface area contributed by atoms with E-state index in [9.17, 15) is 26.1 Å². The lowest BCUT2D eigenvalue weighted by Crippen LogP contribution is -2.46. The standard InChI is InChI=1S/C4H7F3O3S/c1-3(2,4(5,6)7)11(8,9)10/h1-2H3,(H,8,9,10)/p-1. The van der Waals surface area contributed by atoms with Crippen molar-refractivity contribution in [2.45, 2.75) is 24.8 Å². The zero-order valence-corrected chi connectivity index (χ0v) is 6.58. The summed E-state index contributed by atoms with van der Waals surface area (Å²) >= 11 is 0. The van der Waals surface area contributed by atoms with Crippen LogP contribution in [0.3, 0.4) is 0 Å². The molecule has 0 radical (unpaired) electrons. The minimum atomic E-state index is -5.34. The molecule has 0 N–H and O–H groups in total. The monoisotopic (exact) mass is 191 g/mol. The van der Waals surface area contributed by atoms with Gasteiger partial charge in [-0.2, -0.15) is 13.2 Å². The first-order valence-corrected chi connectivity index (χ1v) is 3.93. The highest BCUT2D eigenvalue weighted by atomic mass is 32.2. The van der Waals surface area contributed by atoms with E-state index >= 15 is 0 Å². The van der Waals surface area contributed by atoms with Gasteiger partial charge in [-0.3, -0.25) is 0 Å². The molecular weight excluding hydrogens is 185 g/mol. The molecule has 68 valence electrons. The van der Waals surface area contributed by atoms with Crippen LogP contribution in [0.25, 0.3) is 0 Å². The van der Waals surface area contributed by atoms with Gasteiger partial charge in [0.25, 0.3) is 0 Å². The summed E-state index contributed by atoms with van der Waals surface area (Å²) in [4.78, 5) is 0. The quantitative estimate of drug-likeness (QED) is 0.578. The molecule has 0 unspecified atom stereocenters. The largest absolute Gasteiger partial charge is 0.747 e. The van der Waals surface area contributed by atoms with Gasteiger partial charge in [-0.1, -0.05) is 0 Å². The topological polar surface area (TPSA) is 57.2 Å². The van der Waals surface area contributed by atoms with E-state index < -0.39 is 21.0 Å². The molecule has 0 heterocycles. The Labute approximate surface area is 62.0 Å². The maximum absolute atomic E-state index is 11.8. The predicted octanol–water partition coefficient (Wildman–Crippen LogP) is 0.873. The Kier molecular flexibility index (Phi) is 2.28. The molecule has 0 aliphatic carbocycles.